The van der Waals surface area contributed by atoms with Crippen LogP contribution in [0.15, 0.2) is 153 Å². The number of rotatable bonds is 11. The maximum atomic E-state index is 13.8. The van der Waals surface area contributed by atoms with Gasteiger partial charge >= 0.3 is 16.5 Å². The van der Waals surface area contributed by atoms with Crippen molar-refractivity contribution in [2.45, 2.75) is 6.92 Å². The molecule has 3 aromatic carbocycles. The van der Waals surface area contributed by atoms with Gasteiger partial charge < -0.3 is 20.1 Å². The Hall–Kier alpha value is -7.88. The summed E-state index contributed by atoms with van der Waals surface area (Å²) in [6, 6.07) is 10.7. The summed E-state index contributed by atoms with van der Waals surface area (Å²) in [5.74, 6) is -4.28. The first-order valence-electron chi connectivity index (χ1n) is 18.5. The summed E-state index contributed by atoms with van der Waals surface area (Å²) in [5.41, 5.74) is 1.25. The van der Waals surface area contributed by atoms with Crippen LogP contribution in [0, 0.1) is 6.92 Å². The molecule has 0 aromatic heterocycles. The minimum Gasteiger partial charge on any atom is -0.507 e. The number of carbonyl (C=O) groups is 3. The molecule has 0 spiro atoms. The number of benzene rings is 3. The highest BCUT2D eigenvalue weighted by Crippen LogP contribution is 2.37. The van der Waals surface area contributed by atoms with E-state index in [1.807, 2.05) is 0 Å². The van der Waals surface area contributed by atoms with Gasteiger partial charge in [0.2, 0.25) is 11.6 Å². The van der Waals surface area contributed by atoms with Crippen molar-refractivity contribution in [3.05, 3.63) is 145 Å². The molecule has 26 heteroatoms. The highest BCUT2D eigenvalue weighted by Gasteiger charge is 2.42. The Morgan fingerprint density at radius 1 is 0.896 bits per heavy atom. The van der Waals surface area contributed by atoms with Gasteiger partial charge in [0.05, 0.1) is 40.6 Å². The lowest BCUT2D eigenvalue weighted by Crippen LogP contribution is -2.29. The Morgan fingerprint density at radius 3 is 2.30 bits per heavy atom. The number of aliphatic hydroxyl groups is 1. The summed E-state index contributed by atoms with van der Waals surface area (Å²) < 4.78 is 73.8. The second-order valence-corrected chi connectivity index (χ2v) is 17.3. The Kier molecular flexibility index (Phi) is 12.8. The number of fused-ring (bicyclic) bond motifs is 2. The zero-order valence-electron chi connectivity index (χ0n) is 33.9. The SMILES string of the molecule is COc1cc(N=Nc2ccc(O)c(C(=O)O)c2)c(C)cc1NN=C1C(=O)c2ccc(N=C3C=CC4=C(O)C(=NN=C5C=C(Cl)C(N(O)O)=CC5=O)C(S(=O)(=O)O)=CC4=C3)cc2C=C1[S+](=O)(O)O. The molecule has 0 radical (unpaired) electrons. The van der Waals surface area contributed by atoms with Crippen molar-refractivity contribution in [2.24, 2.45) is 30.5 Å². The maximum absolute atomic E-state index is 13.8. The first-order valence-corrected chi connectivity index (χ1v) is 21.8. The number of phenols is 1. The fourth-order valence-electron chi connectivity index (χ4n) is 6.45. The molecule has 67 heavy (non-hydrogen) atoms. The normalized spacial score (nSPS) is 18.7. The van der Waals surface area contributed by atoms with Gasteiger partial charge in [-0.05, 0) is 101 Å². The van der Waals surface area contributed by atoms with E-state index in [1.165, 1.54) is 61.7 Å². The number of hydrazone groups is 1. The number of allylic oxidation sites excluding steroid dienone is 11. The van der Waals surface area contributed by atoms with Gasteiger partial charge in [-0.25, -0.2) is 9.79 Å². The number of azo groups is 1. The van der Waals surface area contributed by atoms with Crippen LogP contribution >= 0.6 is 11.6 Å². The molecule has 0 saturated heterocycles. The van der Waals surface area contributed by atoms with Crippen molar-refractivity contribution in [2.75, 3.05) is 12.5 Å². The van der Waals surface area contributed by atoms with Crippen LogP contribution < -0.4 is 10.2 Å². The van der Waals surface area contributed by atoms with Gasteiger partial charge in [-0.3, -0.25) is 30.0 Å². The third kappa shape index (κ3) is 9.88. The number of aryl methyl sites for hydroxylation is 1. The molecule has 0 atom stereocenters. The summed E-state index contributed by atoms with van der Waals surface area (Å²) in [5, 5.41) is 67.4. The molecule has 0 bridgehead atoms. The zero-order valence-corrected chi connectivity index (χ0v) is 36.3. The number of nitrogens with one attached hydrogen (secondary N) is 1. The van der Waals surface area contributed by atoms with Crippen molar-refractivity contribution in [1.82, 2.24) is 5.23 Å². The average Bonchev–Trinajstić information content (AvgIpc) is 3.25. The third-order valence-electron chi connectivity index (χ3n) is 9.66. The van der Waals surface area contributed by atoms with E-state index in [2.05, 4.69) is 36.0 Å². The fourth-order valence-corrected chi connectivity index (χ4v) is 8.01. The molecule has 342 valence electrons. The number of carboxylic acids is 1. The molecule has 3 aromatic rings. The minimum absolute atomic E-state index is 0.00519. The van der Waals surface area contributed by atoms with Crippen molar-refractivity contribution in [3.8, 4) is 11.5 Å². The lowest BCUT2D eigenvalue weighted by Gasteiger charge is -2.20. The quantitative estimate of drug-likeness (QED) is 0.0310. The molecule has 23 nitrogen and oxygen atoms in total. The Labute approximate surface area is 382 Å². The Balaban J connectivity index is 1.16. The van der Waals surface area contributed by atoms with Gasteiger partial charge in [0.25, 0.3) is 15.0 Å². The lowest BCUT2D eigenvalue weighted by molar-refractivity contribution is -0.276. The molecule has 4 aliphatic rings. The van der Waals surface area contributed by atoms with Gasteiger partial charge in [0.15, 0.2) is 11.5 Å². The Bertz CT molecular complexity index is 3320. The van der Waals surface area contributed by atoms with Crippen LogP contribution in [0.5, 0.6) is 11.5 Å². The summed E-state index contributed by atoms with van der Waals surface area (Å²) >= 11 is 5.94. The number of ether oxygens (including phenoxy) is 1. The molecular weight excluding hydrogens is 944 g/mol. The number of hydrogen-bond acceptors (Lipinski definition) is 19. The van der Waals surface area contributed by atoms with E-state index >= 15 is 0 Å². The molecule has 0 unspecified atom stereocenters. The van der Waals surface area contributed by atoms with Crippen LogP contribution in [0.2, 0.25) is 0 Å². The van der Waals surface area contributed by atoms with Crippen molar-refractivity contribution >= 4 is 101 Å². The van der Waals surface area contributed by atoms with Crippen LogP contribution in [0.4, 0.5) is 22.7 Å². The molecule has 0 aliphatic heterocycles. The van der Waals surface area contributed by atoms with E-state index in [4.69, 9.17) is 16.3 Å². The van der Waals surface area contributed by atoms with Crippen molar-refractivity contribution in [3.63, 3.8) is 0 Å². The van der Waals surface area contributed by atoms with Gasteiger partial charge in [-0.1, -0.05) is 11.6 Å². The summed E-state index contributed by atoms with van der Waals surface area (Å²) in [4.78, 5) is 40.5. The van der Waals surface area contributed by atoms with Gasteiger partial charge in [0, 0.05) is 29.4 Å². The van der Waals surface area contributed by atoms with E-state index < -0.39 is 87.5 Å². The number of aromatic carboxylic acids is 1. The van der Waals surface area contributed by atoms with Gasteiger partial charge in [-0.15, -0.1) is 15.4 Å². The number of methoxy groups -OCH3 is 1. The molecule has 0 saturated carbocycles. The number of nitrogens with zero attached hydrogens (tertiary/aromatic N) is 7. The van der Waals surface area contributed by atoms with Crippen LogP contribution in [-0.4, -0.2) is 101 Å². The summed E-state index contributed by atoms with van der Waals surface area (Å²) in [7, 11) is -8.65. The summed E-state index contributed by atoms with van der Waals surface area (Å²) in [6.07, 6.45) is 7.65. The first-order chi connectivity index (χ1) is 31.5. The van der Waals surface area contributed by atoms with E-state index in [1.54, 1.807) is 6.92 Å². The smallest absolute Gasteiger partial charge is 0.388 e. The number of halogens is 1. The minimum atomic E-state index is -5.11. The number of aliphatic hydroxyl groups excluding tert-OH is 1. The molecule has 4 aliphatic carbocycles. The number of hydroxylamine groups is 2. The standard InChI is InChI=1S/C41H29ClN8O15S2/c1-18-9-30(34(65-2)16-28(18)45-44-23-5-8-32(51)26(14-23)41(55)56)47-49-38-36(67(62,63)64)13-20-11-22(4-7-25(20)40(38)54)43-21-3-6-24-19(10-21)12-35(66(59,60)61)37(39(24)53)48-46-29-15-27(42)31(50(57)58)17-33(29)52/h3-17,57-58H,1-2H3,(H6-,43,44,45,46,47,48,49,51,52,53,54,55,56,59,60,61,62,63,64)/p+1. The second-order valence-electron chi connectivity index (χ2n) is 14.0. The van der Waals surface area contributed by atoms with E-state index in [0.717, 1.165) is 30.4 Å². The third-order valence-corrected chi connectivity index (χ3v) is 11.7. The first kappa shape index (κ1) is 47.1. The van der Waals surface area contributed by atoms with Gasteiger partial charge in [0.1, 0.15) is 39.1 Å². The number of aromatic hydroxyl groups is 1. The average molecular weight is 974 g/mol. The maximum Gasteiger partial charge on any atom is 0.388 e. The number of anilines is 1. The van der Waals surface area contributed by atoms with Gasteiger partial charge in [-0.2, -0.15) is 32.9 Å². The number of ketones is 2. The molecule has 0 heterocycles. The Morgan fingerprint density at radius 2 is 1.63 bits per heavy atom. The van der Waals surface area contributed by atoms with Crippen LogP contribution in [0.3, 0.4) is 0 Å². The molecule has 0 amide bonds. The lowest BCUT2D eigenvalue weighted by atomic mass is 9.91. The fraction of sp³-hybridized carbons (Fsp3) is 0.0488. The van der Waals surface area contributed by atoms with E-state index in [0.29, 0.717) is 11.6 Å². The second kappa shape index (κ2) is 18.2. The predicted molar refractivity (Wildman–Crippen MR) is 241 cm³/mol. The van der Waals surface area contributed by atoms with E-state index in [-0.39, 0.29) is 67.1 Å². The molecule has 9 N–H and O–H groups in total. The number of aliphatic imine (C=N–C) groups is 1. The van der Waals surface area contributed by atoms with Crippen molar-refractivity contribution < 1.29 is 71.1 Å². The molecular formula is C41H30ClN8O15S2+. The topological polar surface area (TPSA) is 363 Å². The molecule has 7 rings (SSSR count). The predicted octanol–water partition coefficient (Wildman–Crippen LogP) is 6.91. The highest BCUT2D eigenvalue weighted by atomic mass is 35.5. The zero-order chi connectivity index (χ0) is 48.7. The highest BCUT2D eigenvalue weighted by molar-refractivity contribution is 7.97. The number of carboxylic acid groups (broad SMARTS) is 1. The van der Waals surface area contributed by atoms with Crippen molar-refractivity contribution in [1.29, 1.82) is 0 Å². The van der Waals surface area contributed by atoms with Crippen LogP contribution in [0.1, 0.15) is 31.8 Å². The van der Waals surface area contributed by atoms with Crippen LogP contribution in [-0.2, 0) is 29.6 Å². The molecule has 0 fully saturated rings. The summed E-state index contributed by atoms with van der Waals surface area (Å²) in [6.45, 7) is 1.64. The number of hydrogen-bond donors (Lipinski definition) is 9. The van der Waals surface area contributed by atoms with Crippen LogP contribution in [0.25, 0.3) is 6.08 Å². The van der Waals surface area contributed by atoms with E-state index in [9.17, 15) is 66.4 Å². The monoisotopic (exact) mass is 973 g/mol. The largest absolute Gasteiger partial charge is 0.507 e. The number of carbonyl (C=O) groups excluding carboxylic acids is 2. The number of Topliss-reactive ketones (excluding diaryl/α,β-unsaturated/α-hetero) is 1.